The van der Waals surface area contributed by atoms with Gasteiger partial charge in [-0.25, -0.2) is 18.2 Å². The number of benzene rings is 2. The fraction of sp³-hybridized carbons (Fsp3) is 0.273. The van der Waals surface area contributed by atoms with Crippen LogP contribution in [-0.2, 0) is 6.54 Å². The first-order chi connectivity index (χ1) is 14.5. The van der Waals surface area contributed by atoms with E-state index in [9.17, 15) is 13.2 Å². The Hall–Kier alpha value is -2.64. The lowest BCUT2D eigenvalue weighted by Gasteiger charge is -2.32. The zero-order valence-corrected chi connectivity index (χ0v) is 16.7. The Morgan fingerprint density at radius 1 is 1.10 bits per heavy atom. The topological polar surface area (TPSA) is 44.8 Å². The molecule has 1 fully saturated rings. The summed E-state index contributed by atoms with van der Waals surface area (Å²) in [7, 11) is 0. The number of hydrogen-bond donors (Lipinski definition) is 1. The Balaban J connectivity index is 1.32. The highest BCUT2D eigenvalue weighted by Crippen LogP contribution is 2.33. The van der Waals surface area contributed by atoms with E-state index in [1.807, 2.05) is 6.07 Å². The van der Waals surface area contributed by atoms with Crippen molar-refractivity contribution in [3.8, 4) is 0 Å². The van der Waals surface area contributed by atoms with Crippen LogP contribution in [0.5, 0.6) is 0 Å². The molecule has 2 aromatic heterocycles. The Bertz CT molecular complexity index is 1250. The van der Waals surface area contributed by atoms with Gasteiger partial charge < -0.3 is 4.98 Å². The van der Waals surface area contributed by atoms with Gasteiger partial charge in [0.15, 0.2) is 11.6 Å². The molecule has 0 aliphatic carbocycles. The molecule has 0 unspecified atom stereocenters. The van der Waals surface area contributed by atoms with Gasteiger partial charge in [-0.15, -0.1) is 0 Å². The first-order valence-electron chi connectivity index (χ1n) is 9.78. The number of H-pyrrole nitrogens is 1. The Morgan fingerprint density at radius 3 is 2.70 bits per heavy atom. The SMILES string of the molecule is Fc1ccc2nccc(C3CCN(Cc4nc5c(Cl)c(F)c(F)cc5[nH]4)CC3)c2c1. The van der Waals surface area contributed by atoms with E-state index in [-0.39, 0.29) is 16.4 Å². The highest BCUT2D eigenvalue weighted by Gasteiger charge is 2.24. The van der Waals surface area contributed by atoms with Crippen molar-refractivity contribution in [2.24, 2.45) is 0 Å². The lowest BCUT2D eigenvalue weighted by molar-refractivity contribution is 0.201. The number of piperidine rings is 1. The molecule has 1 saturated heterocycles. The summed E-state index contributed by atoms with van der Waals surface area (Å²) < 4.78 is 41.0. The zero-order chi connectivity index (χ0) is 20.8. The van der Waals surface area contributed by atoms with Crippen molar-refractivity contribution < 1.29 is 13.2 Å². The van der Waals surface area contributed by atoms with E-state index in [0.717, 1.165) is 48.5 Å². The molecular weight excluding hydrogens is 413 g/mol. The second-order valence-electron chi connectivity index (χ2n) is 7.68. The van der Waals surface area contributed by atoms with Crippen LogP contribution in [0.1, 0.15) is 30.1 Å². The summed E-state index contributed by atoms with van der Waals surface area (Å²) in [5.41, 5.74) is 2.55. The first-order valence-corrected chi connectivity index (χ1v) is 10.2. The number of imidazole rings is 1. The number of nitrogens with zero attached hydrogens (tertiary/aromatic N) is 3. The summed E-state index contributed by atoms with van der Waals surface area (Å²) in [4.78, 5) is 14.0. The van der Waals surface area contributed by atoms with Crippen LogP contribution in [0.3, 0.4) is 0 Å². The number of aromatic nitrogens is 3. The number of halogens is 4. The van der Waals surface area contributed by atoms with E-state index >= 15 is 0 Å². The van der Waals surface area contributed by atoms with E-state index in [1.165, 1.54) is 6.07 Å². The second-order valence-corrected chi connectivity index (χ2v) is 8.06. The Morgan fingerprint density at radius 2 is 1.90 bits per heavy atom. The molecule has 1 aliphatic rings. The van der Waals surface area contributed by atoms with E-state index in [2.05, 4.69) is 19.9 Å². The number of likely N-dealkylation sites (tertiary alicyclic amines) is 1. The van der Waals surface area contributed by atoms with Crippen LogP contribution in [0.4, 0.5) is 13.2 Å². The van der Waals surface area contributed by atoms with Crippen LogP contribution in [0.15, 0.2) is 36.5 Å². The summed E-state index contributed by atoms with van der Waals surface area (Å²) in [6.45, 7) is 2.20. The molecule has 154 valence electrons. The minimum atomic E-state index is -1.08. The predicted octanol–water partition coefficient (Wildman–Crippen LogP) is 5.56. The van der Waals surface area contributed by atoms with Crippen molar-refractivity contribution in [3.63, 3.8) is 0 Å². The summed E-state index contributed by atoms with van der Waals surface area (Å²) in [6, 6.07) is 7.75. The van der Waals surface area contributed by atoms with Crippen LogP contribution < -0.4 is 0 Å². The van der Waals surface area contributed by atoms with Crippen molar-refractivity contribution in [2.75, 3.05) is 13.1 Å². The van der Waals surface area contributed by atoms with Gasteiger partial charge in [0.25, 0.3) is 0 Å². The van der Waals surface area contributed by atoms with Gasteiger partial charge in [-0.3, -0.25) is 9.88 Å². The minimum absolute atomic E-state index is 0.241. The summed E-state index contributed by atoms with van der Waals surface area (Å²) >= 11 is 5.89. The van der Waals surface area contributed by atoms with Crippen molar-refractivity contribution in [2.45, 2.75) is 25.3 Å². The maximum Gasteiger partial charge on any atom is 0.179 e. The van der Waals surface area contributed by atoms with Gasteiger partial charge in [0.1, 0.15) is 22.2 Å². The Labute approximate surface area is 175 Å². The van der Waals surface area contributed by atoms with Crippen LogP contribution in [0, 0.1) is 17.5 Å². The van der Waals surface area contributed by atoms with E-state index in [1.54, 1.807) is 18.3 Å². The third kappa shape index (κ3) is 3.42. The normalized spacial score (nSPS) is 16.0. The molecule has 8 heteroatoms. The quantitative estimate of drug-likeness (QED) is 0.433. The molecule has 4 aromatic rings. The molecule has 0 saturated carbocycles. The molecule has 4 nitrogen and oxygen atoms in total. The third-order valence-electron chi connectivity index (χ3n) is 5.80. The van der Waals surface area contributed by atoms with Gasteiger partial charge in [-0.1, -0.05) is 11.6 Å². The number of hydrogen-bond acceptors (Lipinski definition) is 3. The third-order valence-corrected chi connectivity index (χ3v) is 6.15. The fourth-order valence-corrected chi connectivity index (χ4v) is 4.53. The van der Waals surface area contributed by atoms with Crippen LogP contribution >= 0.6 is 11.6 Å². The lowest BCUT2D eigenvalue weighted by atomic mass is 9.87. The van der Waals surface area contributed by atoms with Gasteiger partial charge in [0, 0.05) is 17.6 Å². The molecule has 30 heavy (non-hydrogen) atoms. The number of aromatic amines is 1. The molecule has 0 bridgehead atoms. The first kappa shape index (κ1) is 19.3. The van der Waals surface area contributed by atoms with Crippen LogP contribution in [-0.4, -0.2) is 32.9 Å². The van der Waals surface area contributed by atoms with Gasteiger partial charge in [-0.2, -0.15) is 0 Å². The van der Waals surface area contributed by atoms with Crippen molar-refractivity contribution in [1.82, 2.24) is 19.9 Å². The maximum atomic E-state index is 13.8. The van der Waals surface area contributed by atoms with E-state index in [0.29, 0.717) is 23.8 Å². The molecule has 1 N–H and O–H groups in total. The van der Waals surface area contributed by atoms with Crippen molar-refractivity contribution >= 4 is 33.5 Å². The molecule has 1 aliphatic heterocycles. The molecule has 0 spiro atoms. The highest BCUT2D eigenvalue weighted by atomic mass is 35.5. The molecule has 0 atom stereocenters. The predicted molar refractivity (Wildman–Crippen MR) is 110 cm³/mol. The number of rotatable bonds is 3. The minimum Gasteiger partial charge on any atom is -0.341 e. The van der Waals surface area contributed by atoms with Crippen LogP contribution in [0.2, 0.25) is 5.02 Å². The fourth-order valence-electron chi connectivity index (χ4n) is 4.29. The van der Waals surface area contributed by atoms with Crippen molar-refractivity contribution in [3.05, 3.63) is 70.4 Å². The zero-order valence-electron chi connectivity index (χ0n) is 15.9. The molecule has 0 amide bonds. The second kappa shape index (κ2) is 7.56. The largest absolute Gasteiger partial charge is 0.341 e. The molecule has 3 heterocycles. The standard InChI is InChI=1S/C22H18ClF3N4/c23-20-21(26)16(25)10-18-22(20)29-19(28-18)11-30-7-4-12(5-8-30)14-3-6-27-17-2-1-13(24)9-15(14)17/h1-3,6,9-10,12H,4-5,7-8,11H2,(H,28,29). The number of fused-ring (bicyclic) bond motifs is 2. The van der Waals surface area contributed by atoms with Gasteiger partial charge in [0.05, 0.1) is 17.6 Å². The average Bonchev–Trinajstić information content (AvgIpc) is 3.14. The molecular formula is C22H18ClF3N4. The number of nitrogens with one attached hydrogen (secondary N) is 1. The molecule has 5 rings (SSSR count). The molecule has 0 radical (unpaired) electrons. The van der Waals surface area contributed by atoms with Gasteiger partial charge >= 0.3 is 0 Å². The summed E-state index contributed by atoms with van der Waals surface area (Å²) in [5, 5.41) is 0.565. The smallest absolute Gasteiger partial charge is 0.179 e. The van der Waals surface area contributed by atoms with Gasteiger partial charge in [0.2, 0.25) is 0 Å². The van der Waals surface area contributed by atoms with E-state index in [4.69, 9.17) is 11.6 Å². The van der Waals surface area contributed by atoms with Gasteiger partial charge in [-0.05, 0) is 61.7 Å². The highest BCUT2D eigenvalue weighted by molar-refractivity contribution is 6.35. The van der Waals surface area contributed by atoms with Crippen LogP contribution in [0.25, 0.3) is 21.9 Å². The monoisotopic (exact) mass is 430 g/mol. The lowest BCUT2D eigenvalue weighted by Crippen LogP contribution is -2.32. The molecule has 2 aromatic carbocycles. The average molecular weight is 431 g/mol. The van der Waals surface area contributed by atoms with E-state index < -0.39 is 11.6 Å². The number of pyridine rings is 1. The summed E-state index contributed by atoms with van der Waals surface area (Å²) in [5.74, 6) is -1.40. The maximum absolute atomic E-state index is 13.8. The summed E-state index contributed by atoms with van der Waals surface area (Å²) in [6.07, 6.45) is 3.61. The Kier molecular flexibility index (Phi) is 4.87. The van der Waals surface area contributed by atoms with Crippen molar-refractivity contribution in [1.29, 1.82) is 0 Å².